The molecular formula is C19H27NO. The quantitative estimate of drug-likeness (QED) is 0.801. The van der Waals surface area contributed by atoms with Crippen LogP contribution < -0.4 is 5.32 Å². The van der Waals surface area contributed by atoms with E-state index in [-0.39, 0.29) is 5.91 Å². The number of hydrogen-bond acceptors (Lipinski definition) is 1. The summed E-state index contributed by atoms with van der Waals surface area (Å²) in [6.45, 7) is 4.45. The van der Waals surface area contributed by atoms with Gasteiger partial charge in [-0.2, -0.15) is 0 Å². The fourth-order valence-electron chi connectivity index (χ4n) is 2.90. The minimum absolute atomic E-state index is 0.0353. The van der Waals surface area contributed by atoms with Crippen LogP contribution in [0.4, 0.5) is 0 Å². The Balaban J connectivity index is 1.83. The molecule has 1 fully saturated rings. The van der Waals surface area contributed by atoms with E-state index in [0.29, 0.717) is 12.0 Å². The fourth-order valence-corrected chi connectivity index (χ4v) is 2.90. The number of rotatable bonds is 5. The normalized spacial score (nSPS) is 16.5. The van der Waals surface area contributed by atoms with Crippen LogP contribution in [0.2, 0.25) is 0 Å². The van der Waals surface area contributed by atoms with Crippen molar-refractivity contribution in [1.82, 2.24) is 5.32 Å². The molecule has 114 valence electrons. The van der Waals surface area contributed by atoms with Gasteiger partial charge >= 0.3 is 0 Å². The van der Waals surface area contributed by atoms with E-state index in [1.54, 1.807) is 6.08 Å². The summed E-state index contributed by atoms with van der Waals surface area (Å²) in [5.74, 6) is 0.709. The molecule has 1 saturated carbocycles. The lowest BCUT2D eigenvalue weighted by molar-refractivity contribution is -0.117. The molecule has 0 radical (unpaired) electrons. The van der Waals surface area contributed by atoms with Crippen LogP contribution in [-0.2, 0) is 11.2 Å². The lowest BCUT2D eigenvalue weighted by Crippen LogP contribution is -2.34. The Kier molecular flexibility index (Phi) is 6.04. The summed E-state index contributed by atoms with van der Waals surface area (Å²) < 4.78 is 0. The van der Waals surface area contributed by atoms with Crippen molar-refractivity contribution in [3.8, 4) is 0 Å². The predicted octanol–water partition coefficient (Wildman–Crippen LogP) is 4.35. The van der Waals surface area contributed by atoms with Gasteiger partial charge < -0.3 is 5.32 Å². The third kappa shape index (κ3) is 5.74. The van der Waals surface area contributed by atoms with E-state index in [9.17, 15) is 4.79 Å². The van der Waals surface area contributed by atoms with E-state index in [0.717, 1.165) is 24.8 Å². The van der Waals surface area contributed by atoms with E-state index in [1.807, 2.05) is 6.08 Å². The molecule has 0 atom stereocenters. The highest BCUT2D eigenvalue weighted by molar-refractivity contribution is 5.91. The van der Waals surface area contributed by atoms with Gasteiger partial charge in [0, 0.05) is 12.1 Å². The smallest absolute Gasteiger partial charge is 0.244 e. The van der Waals surface area contributed by atoms with Gasteiger partial charge in [0.15, 0.2) is 0 Å². The van der Waals surface area contributed by atoms with Gasteiger partial charge in [0.25, 0.3) is 0 Å². The predicted molar refractivity (Wildman–Crippen MR) is 89.0 cm³/mol. The molecule has 0 unspecified atom stereocenters. The van der Waals surface area contributed by atoms with Crippen molar-refractivity contribution in [2.45, 2.75) is 58.4 Å². The second kappa shape index (κ2) is 8.02. The zero-order valence-corrected chi connectivity index (χ0v) is 13.3. The summed E-state index contributed by atoms with van der Waals surface area (Å²) in [5.41, 5.74) is 2.44. The Morgan fingerprint density at radius 1 is 1.19 bits per heavy atom. The first-order valence-corrected chi connectivity index (χ1v) is 8.21. The molecule has 0 aliphatic heterocycles. The first-order chi connectivity index (χ1) is 10.1. The van der Waals surface area contributed by atoms with Crippen LogP contribution in [0.3, 0.4) is 0 Å². The molecule has 0 bridgehead atoms. The van der Waals surface area contributed by atoms with Crippen LogP contribution in [0, 0.1) is 5.92 Å². The van der Waals surface area contributed by atoms with Crippen molar-refractivity contribution in [3.05, 3.63) is 41.5 Å². The van der Waals surface area contributed by atoms with Gasteiger partial charge in [0.1, 0.15) is 0 Å². The molecule has 1 aromatic carbocycles. The Morgan fingerprint density at radius 3 is 2.48 bits per heavy atom. The maximum atomic E-state index is 11.9. The largest absolute Gasteiger partial charge is 0.350 e. The van der Waals surface area contributed by atoms with Crippen molar-refractivity contribution in [1.29, 1.82) is 0 Å². The van der Waals surface area contributed by atoms with E-state index in [2.05, 4.69) is 43.4 Å². The third-order valence-electron chi connectivity index (χ3n) is 4.00. The number of carbonyl (C=O) groups is 1. The van der Waals surface area contributed by atoms with Crippen LogP contribution in [0.25, 0.3) is 6.08 Å². The molecule has 2 heteroatoms. The van der Waals surface area contributed by atoms with Crippen LogP contribution >= 0.6 is 0 Å². The Labute approximate surface area is 128 Å². The summed E-state index contributed by atoms with van der Waals surface area (Å²) in [7, 11) is 0. The zero-order valence-electron chi connectivity index (χ0n) is 13.3. The van der Waals surface area contributed by atoms with Gasteiger partial charge in [0.05, 0.1) is 0 Å². The molecule has 1 aliphatic carbocycles. The number of hydrogen-bond donors (Lipinski definition) is 1. The molecule has 1 aromatic rings. The third-order valence-corrected chi connectivity index (χ3v) is 4.00. The summed E-state index contributed by atoms with van der Waals surface area (Å²) in [6.07, 6.45) is 10.7. The zero-order chi connectivity index (χ0) is 15.1. The lowest BCUT2D eigenvalue weighted by Gasteiger charge is -2.21. The molecular weight excluding hydrogens is 258 g/mol. The second-order valence-electron chi connectivity index (χ2n) is 6.52. The fraction of sp³-hybridized carbons (Fsp3) is 0.526. The first kappa shape index (κ1) is 15.8. The van der Waals surface area contributed by atoms with Crippen LogP contribution in [0.1, 0.15) is 57.1 Å². The van der Waals surface area contributed by atoms with Gasteiger partial charge in [0.2, 0.25) is 5.91 Å². The molecule has 1 amide bonds. The number of amides is 1. The van der Waals surface area contributed by atoms with E-state index in [1.165, 1.54) is 24.8 Å². The Bertz CT molecular complexity index is 467. The van der Waals surface area contributed by atoms with Crippen molar-refractivity contribution in [2.75, 3.05) is 0 Å². The number of benzene rings is 1. The van der Waals surface area contributed by atoms with Gasteiger partial charge in [-0.25, -0.2) is 0 Å². The molecule has 2 rings (SSSR count). The second-order valence-corrected chi connectivity index (χ2v) is 6.52. The Hall–Kier alpha value is -1.57. The maximum Gasteiger partial charge on any atom is 0.244 e. The van der Waals surface area contributed by atoms with Crippen LogP contribution in [0.5, 0.6) is 0 Å². The minimum atomic E-state index is 0.0353. The standard InChI is InChI=1S/C19H27NO/c1-15(2)14-17-10-8-16(9-11-17)12-13-19(21)20-18-6-4-3-5-7-18/h8-13,15,18H,3-7,14H2,1-2H3,(H,20,21)/b13-12+. The average Bonchev–Trinajstić information content (AvgIpc) is 2.47. The highest BCUT2D eigenvalue weighted by atomic mass is 16.1. The van der Waals surface area contributed by atoms with Crippen molar-refractivity contribution in [3.63, 3.8) is 0 Å². The van der Waals surface area contributed by atoms with Crippen LogP contribution in [-0.4, -0.2) is 11.9 Å². The van der Waals surface area contributed by atoms with E-state index < -0.39 is 0 Å². The SMILES string of the molecule is CC(C)Cc1ccc(/C=C/C(=O)NC2CCCCC2)cc1. The summed E-state index contributed by atoms with van der Waals surface area (Å²) >= 11 is 0. The van der Waals surface area contributed by atoms with Crippen molar-refractivity contribution < 1.29 is 4.79 Å². The monoisotopic (exact) mass is 285 g/mol. The van der Waals surface area contributed by atoms with Gasteiger partial charge in [-0.15, -0.1) is 0 Å². The summed E-state index contributed by atoms with van der Waals surface area (Å²) in [5, 5.41) is 3.10. The number of carbonyl (C=O) groups excluding carboxylic acids is 1. The lowest BCUT2D eigenvalue weighted by atomic mass is 9.95. The average molecular weight is 285 g/mol. The van der Waals surface area contributed by atoms with Crippen molar-refractivity contribution in [2.24, 2.45) is 5.92 Å². The molecule has 1 N–H and O–H groups in total. The summed E-state index contributed by atoms with van der Waals surface area (Å²) in [4.78, 5) is 11.9. The molecule has 1 aliphatic rings. The molecule has 2 nitrogen and oxygen atoms in total. The summed E-state index contributed by atoms with van der Waals surface area (Å²) in [6, 6.07) is 8.85. The van der Waals surface area contributed by atoms with E-state index in [4.69, 9.17) is 0 Å². The maximum absolute atomic E-state index is 11.9. The number of nitrogens with one attached hydrogen (secondary N) is 1. The van der Waals surface area contributed by atoms with Gasteiger partial charge in [-0.3, -0.25) is 4.79 Å². The van der Waals surface area contributed by atoms with Crippen LogP contribution in [0.15, 0.2) is 30.3 Å². The highest BCUT2D eigenvalue weighted by Crippen LogP contribution is 2.17. The van der Waals surface area contributed by atoms with Gasteiger partial charge in [-0.05, 0) is 42.4 Å². The molecule has 0 aromatic heterocycles. The molecule has 0 spiro atoms. The van der Waals surface area contributed by atoms with E-state index >= 15 is 0 Å². The topological polar surface area (TPSA) is 29.1 Å². The minimum Gasteiger partial charge on any atom is -0.350 e. The Morgan fingerprint density at radius 2 is 1.86 bits per heavy atom. The molecule has 0 saturated heterocycles. The van der Waals surface area contributed by atoms with Crippen molar-refractivity contribution >= 4 is 12.0 Å². The molecule has 21 heavy (non-hydrogen) atoms. The first-order valence-electron chi connectivity index (χ1n) is 8.21. The molecule has 0 heterocycles. The highest BCUT2D eigenvalue weighted by Gasteiger charge is 2.13. The van der Waals surface area contributed by atoms with Gasteiger partial charge in [-0.1, -0.05) is 57.4 Å².